The van der Waals surface area contributed by atoms with Crippen LogP contribution < -0.4 is 19.9 Å². The number of nitrogens with two attached hydrogens (primary N) is 1. The van der Waals surface area contributed by atoms with E-state index in [9.17, 15) is 0 Å². The summed E-state index contributed by atoms with van der Waals surface area (Å²) in [4.78, 5) is 8.02. The molecule has 1 aromatic carbocycles. The molecule has 0 aliphatic heterocycles. The quantitative estimate of drug-likeness (QED) is 0.903. The number of aromatic nitrogens is 2. The topological polar surface area (TPSA) is 79.5 Å². The Morgan fingerprint density at radius 2 is 1.70 bits per heavy atom. The minimum atomic E-state index is -0.0358. The van der Waals surface area contributed by atoms with Crippen LogP contribution in [0.1, 0.15) is 13.8 Å². The van der Waals surface area contributed by atoms with Crippen molar-refractivity contribution in [3.63, 3.8) is 0 Å². The van der Waals surface area contributed by atoms with Crippen LogP contribution in [-0.4, -0.2) is 23.2 Å². The molecule has 0 amide bonds. The van der Waals surface area contributed by atoms with E-state index < -0.39 is 0 Å². The Morgan fingerprint density at radius 1 is 1.05 bits per heavy atom. The van der Waals surface area contributed by atoms with Gasteiger partial charge in [-0.3, -0.25) is 0 Å². The van der Waals surface area contributed by atoms with Crippen LogP contribution >= 0.6 is 0 Å². The smallest absolute Gasteiger partial charge is 0.250 e. The van der Waals surface area contributed by atoms with Crippen molar-refractivity contribution in [2.75, 3.05) is 12.8 Å². The number of benzene rings is 1. The first-order valence-corrected chi connectivity index (χ1v) is 6.19. The fourth-order valence-corrected chi connectivity index (χ4v) is 1.57. The van der Waals surface area contributed by atoms with Crippen molar-refractivity contribution in [1.82, 2.24) is 9.97 Å². The third kappa shape index (κ3) is 3.09. The Labute approximate surface area is 117 Å². The van der Waals surface area contributed by atoms with E-state index in [1.165, 1.54) is 6.33 Å². The number of methoxy groups -OCH3 is 1. The molecule has 6 heteroatoms. The van der Waals surface area contributed by atoms with Crippen LogP contribution in [0.4, 0.5) is 5.69 Å². The summed E-state index contributed by atoms with van der Waals surface area (Å²) in [5, 5.41) is 0. The van der Waals surface area contributed by atoms with Crippen molar-refractivity contribution in [2.45, 2.75) is 20.0 Å². The number of rotatable bonds is 5. The minimum Gasteiger partial charge on any atom is -0.493 e. The fourth-order valence-electron chi connectivity index (χ4n) is 1.57. The summed E-state index contributed by atoms with van der Waals surface area (Å²) in [6.45, 7) is 3.78. The van der Waals surface area contributed by atoms with Gasteiger partial charge < -0.3 is 19.9 Å². The van der Waals surface area contributed by atoms with E-state index in [-0.39, 0.29) is 17.7 Å². The molecule has 1 aromatic heterocycles. The zero-order valence-corrected chi connectivity index (χ0v) is 11.7. The molecule has 2 rings (SSSR count). The van der Waals surface area contributed by atoms with Crippen LogP contribution in [-0.2, 0) is 0 Å². The maximum atomic E-state index is 5.96. The number of hydrogen-bond acceptors (Lipinski definition) is 6. The first-order valence-electron chi connectivity index (χ1n) is 6.19. The molecule has 0 unspecified atom stereocenters. The van der Waals surface area contributed by atoms with Crippen molar-refractivity contribution in [1.29, 1.82) is 0 Å². The van der Waals surface area contributed by atoms with Crippen LogP contribution in [0.5, 0.6) is 23.3 Å². The van der Waals surface area contributed by atoms with E-state index in [4.69, 9.17) is 19.9 Å². The van der Waals surface area contributed by atoms with Gasteiger partial charge in [-0.2, -0.15) is 9.97 Å². The minimum absolute atomic E-state index is 0.0358. The molecule has 106 valence electrons. The molecule has 1 heterocycles. The lowest BCUT2D eigenvalue weighted by atomic mass is 10.3. The molecule has 0 spiro atoms. The molecular formula is C14H17N3O3. The largest absolute Gasteiger partial charge is 0.493 e. The number of para-hydroxylation sites is 2. The number of nitrogens with zero attached hydrogens (tertiary/aromatic N) is 2. The molecule has 6 nitrogen and oxygen atoms in total. The fraction of sp³-hybridized carbons (Fsp3) is 0.286. The predicted molar refractivity (Wildman–Crippen MR) is 75.3 cm³/mol. The van der Waals surface area contributed by atoms with E-state index in [2.05, 4.69) is 9.97 Å². The van der Waals surface area contributed by atoms with Crippen LogP contribution in [0, 0.1) is 0 Å². The lowest BCUT2D eigenvalue weighted by Gasteiger charge is -2.14. The number of nitrogen functional groups attached to an aromatic ring is 1. The Morgan fingerprint density at radius 3 is 2.35 bits per heavy atom. The van der Waals surface area contributed by atoms with Gasteiger partial charge in [0.25, 0.3) is 0 Å². The van der Waals surface area contributed by atoms with Crippen molar-refractivity contribution in [3.05, 3.63) is 30.6 Å². The summed E-state index contributed by atoms with van der Waals surface area (Å²) in [6, 6.07) is 7.24. The monoisotopic (exact) mass is 275 g/mol. The lowest BCUT2D eigenvalue weighted by Crippen LogP contribution is -2.10. The zero-order valence-electron chi connectivity index (χ0n) is 11.7. The van der Waals surface area contributed by atoms with E-state index in [1.807, 2.05) is 26.0 Å². The van der Waals surface area contributed by atoms with Gasteiger partial charge in [-0.05, 0) is 26.0 Å². The summed E-state index contributed by atoms with van der Waals surface area (Å²) >= 11 is 0. The van der Waals surface area contributed by atoms with Crippen molar-refractivity contribution >= 4 is 5.69 Å². The molecule has 0 aliphatic rings. The number of ether oxygens (including phenoxy) is 3. The van der Waals surface area contributed by atoms with E-state index >= 15 is 0 Å². The molecule has 0 fully saturated rings. The van der Waals surface area contributed by atoms with Gasteiger partial charge in [0.1, 0.15) is 6.33 Å². The highest BCUT2D eigenvalue weighted by Crippen LogP contribution is 2.35. The highest BCUT2D eigenvalue weighted by atomic mass is 16.5. The SMILES string of the molecule is COc1ccccc1Oc1ncnc(OC(C)C)c1N. The predicted octanol–water partition coefficient (Wildman–Crippen LogP) is 2.65. The summed E-state index contributed by atoms with van der Waals surface area (Å²) in [5.74, 6) is 1.66. The maximum Gasteiger partial charge on any atom is 0.250 e. The molecule has 2 N–H and O–H groups in total. The normalized spacial score (nSPS) is 10.4. The van der Waals surface area contributed by atoms with Crippen LogP contribution in [0.15, 0.2) is 30.6 Å². The Hall–Kier alpha value is -2.50. The van der Waals surface area contributed by atoms with Crippen LogP contribution in [0.3, 0.4) is 0 Å². The van der Waals surface area contributed by atoms with Gasteiger partial charge in [0.15, 0.2) is 17.2 Å². The van der Waals surface area contributed by atoms with E-state index in [1.54, 1.807) is 19.2 Å². The van der Waals surface area contributed by atoms with Crippen molar-refractivity contribution in [2.24, 2.45) is 0 Å². The maximum absolute atomic E-state index is 5.96. The Kier molecular flexibility index (Phi) is 4.24. The Bertz CT molecular complexity index is 588. The van der Waals surface area contributed by atoms with Gasteiger partial charge >= 0.3 is 0 Å². The van der Waals surface area contributed by atoms with Crippen molar-refractivity contribution in [3.8, 4) is 23.3 Å². The third-order valence-electron chi connectivity index (χ3n) is 2.43. The summed E-state index contributed by atoms with van der Waals surface area (Å²) in [5.41, 5.74) is 6.21. The van der Waals surface area contributed by atoms with E-state index in [0.29, 0.717) is 17.4 Å². The first kappa shape index (κ1) is 13.9. The molecule has 20 heavy (non-hydrogen) atoms. The lowest BCUT2D eigenvalue weighted by molar-refractivity contribution is 0.232. The molecular weight excluding hydrogens is 258 g/mol. The second kappa shape index (κ2) is 6.10. The summed E-state index contributed by atoms with van der Waals surface area (Å²) in [7, 11) is 1.57. The molecule has 2 aromatic rings. The third-order valence-corrected chi connectivity index (χ3v) is 2.43. The number of hydrogen-bond donors (Lipinski definition) is 1. The van der Waals surface area contributed by atoms with Gasteiger partial charge in [-0.25, -0.2) is 0 Å². The summed E-state index contributed by atoms with van der Waals surface area (Å²) < 4.78 is 16.4. The highest BCUT2D eigenvalue weighted by Gasteiger charge is 2.14. The van der Waals surface area contributed by atoms with Gasteiger partial charge in [-0.15, -0.1) is 0 Å². The molecule has 0 radical (unpaired) electrons. The Balaban J connectivity index is 2.29. The average molecular weight is 275 g/mol. The molecule has 0 saturated heterocycles. The van der Waals surface area contributed by atoms with E-state index in [0.717, 1.165) is 0 Å². The van der Waals surface area contributed by atoms with Gasteiger partial charge in [0, 0.05) is 0 Å². The van der Waals surface area contributed by atoms with Gasteiger partial charge in [0.05, 0.1) is 13.2 Å². The number of anilines is 1. The molecule has 0 atom stereocenters. The van der Waals surface area contributed by atoms with Gasteiger partial charge in [-0.1, -0.05) is 12.1 Å². The zero-order chi connectivity index (χ0) is 14.5. The highest BCUT2D eigenvalue weighted by molar-refractivity contribution is 5.57. The van der Waals surface area contributed by atoms with Crippen LogP contribution in [0.2, 0.25) is 0 Å². The molecule has 0 aliphatic carbocycles. The van der Waals surface area contributed by atoms with Crippen molar-refractivity contribution < 1.29 is 14.2 Å². The molecule has 0 saturated carbocycles. The van der Waals surface area contributed by atoms with Gasteiger partial charge in [0.2, 0.25) is 11.8 Å². The molecule has 0 bridgehead atoms. The standard InChI is InChI=1S/C14H17N3O3/c1-9(2)19-13-12(15)14(17-8-16-13)20-11-7-5-4-6-10(11)18-3/h4-9H,15H2,1-3H3. The first-order chi connectivity index (χ1) is 9.61. The second-order valence-electron chi connectivity index (χ2n) is 4.32. The second-order valence-corrected chi connectivity index (χ2v) is 4.32. The average Bonchev–Trinajstić information content (AvgIpc) is 2.43. The van der Waals surface area contributed by atoms with Crippen LogP contribution in [0.25, 0.3) is 0 Å². The summed E-state index contributed by atoms with van der Waals surface area (Å²) in [6.07, 6.45) is 1.31.